The van der Waals surface area contributed by atoms with E-state index >= 15 is 0 Å². The van der Waals surface area contributed by atoms with E-state index in [9.17, 15) is 4.79 Å². The number of benzene rings is 2. The van der Waals surface area contributed by atoms with Crippen molar-refractivity contribution in [3.8, 4) is 11.5 Å². The highest BCUT2D eigenvalue weighted by Crippen LogP contribution is 2.33. The second kappa shape index (κ2) is 6.86. The highest BCUT2D eigenvalue weighted by molar-refractivity contribution is 5.81. The molecule has 0 bridgehead atoms. The fraction of sp³-hybridized carbons (Fsp3) is 0.350. The van der Waals surface area contributed by atoms with Gasteiger partial charge in [-0.2, -0.15) is 0 Å². The summed E-state index contributed by atoms with van der Waals surface area (Å²) >= 11 is 0. The van der Waals surface area contributed by atoms with Gasteiger partial charge in [-0.25, -0.2) is 0 Å². The Bertz CT molecular complexity index is 683. The predicted octanol–water partition coefficient (Wildman–Crippen LogP) is 4.70. The van der Waals surface area contributed by atoms with Crippen molar-refractivity contribution in [2.45, 2.75) is 39.0 Å². The van der Waals surface area contributed by atoms with Crippen molar-refractivity contribution < 1.29 is 14.3 Å². The summed E-state index contributed by atoms with van der Waals surface area (Å²) in [6, 6.07) is 15.2. The third-order valence-electron chi connectivity index (χ3n) is 3.86. The van der Waals surface area contributed by atoms with Crippen molar-refractivity contribution in [1.29, 1.82) is 0 Å². The van der Waals surface area contributed by atoms with Crippen LogP contribution in [0.4, 0.5) is 0 Å². The van der Waals surface area contributed by atoms with Gasteiger partial charge >= 0.3 is 5.97 Å². The molecule has 0 amide bonds. The van der Waals surface area contributed by atoms with Gasteiger partial charge in [0.15, 0.2) is 0 Å². The van der Waals surface area contributed by atoms with E-state index in [1.165, 1.54) is 0 Å². The minimum Gasteiger partial charge on any atom is -0.496 e. The Morgan fingerprint density at radius 3 is 2.13 bits per heavy atom. The lowest BCUT2D eigenvalue weighted by molar-refractivity contribution is -0.135. The number of hydrogen-bond donors (Lipinski definition) is 0. The summed E-state index contributed by atoms with van der Waals surface area (Å²) < 4.78 is 11.0. The van der Waals surface area contributed by atoms with E-state index in [2.05, 4.69) is 20.8 Å². The molecule has 3 nitrogen and oxygen atoms in total. The Balaban J connectivity index is 2.26. The number of esters is 1. The third kappa shape index (κ3) is 3.92. The normalized spacial score (nSPS) is 12.6. The first kappa shape index (κ1) is 17.1. The molecule has 1 atom stereocenters. The molecule has 0 aliphatic heterocycles. The van der Waals surface area contributed by atoms with Crippen LogP contribution >= 0.6 is 0 Å². The van der Waals surface area contributed by atoms with Gasteiger partial charge in [0, 0.05) is 11.1 Å². The second-order valence-electron chi connectivity index (χ2n) is 6.63. The van der Waals surface area contributed by atoms with E-state index in [0.717, 1.165) is 11.1 Å². The number of carbonyl (C=O) groups excluding carboxylic acids is 1. The van der Waals surface area contributed by atoms with Gasteiger partial charge < -0.3 is 9.47 Å². The predicted molar refractivity (Wildman–Crippen MR) is 92.2 cm³/mol. The van der Waals surface area contributed by atoms with Crippen LogP contribution in [0.3, 0.4) is 0 Å². The Morgan fingerprint density at radius 2 is 1.52 bits per heavy atom. The van der Waals surface area contributed by atoms with Gasteiger partial charge in [0.2, 0.25) is 0 Å². The van der Waals surface area contributed by atoms with Crippen molar-refractivity contribution in [2.24, 2.45) is 0 Å². The Labute approximate surface area is 138 Å². The van der Waals surface area contributed by atoms with Crippen LogP contribution in [-0.4, -0.2) is 13.1 Å². The minimum atomic E-state index is -0.404. The number of hydrogen-bond acceptors (Lipinski definition) is 3. The van der Waals surface area contributed by atoms with E-state index in [4.69, 9.17) is 9.47 Å². The summed E-state index contributed by atoms with van der Waals surface area (Å²) in [6.07, 6.45) is 0. The highest BCUT2D eigenvalue weighted by Gasteiger charge is 2.24. The molecule has 0 N–H and O–H groups in total. The number of ether oxygens (including phenoxy) is 2. The zero-order valence-electron chi connectivity index (χ0n) is 14.4. The Kier molecular flexibility index (Phi) is 5.09. The van der Waals surface area contributed by atoms with Crippen LogP contribution in [0.5, 0.6) is 11.5 Å². The SMILES string of the molecule is COc1ccccc1[C@@H](C)C(=O)Oc1ccccc1C(C)(C)C. The molecular weight excluding hydrogens is 288 g/mol. The number of para-hydroxylation sites is 2. The lowest BCUT2D eigenvalue weighted by Gasteiger charge is -2.23. The molecule has 0 fully saturated rings. The molecular formula is C20H24O3. The summed E-state index contributed by atoms with van der Waals surface area (Å²) in [7, 11) is 1.60. The van der Waals surface area contributed by atoms with Crippen LogP contribution in [0.25, 0.3) is 0 Å². The van der Waals surface area contributed by atoms with Crippen molar-refractivity contribution >= 4 is 5.97 Å². The number of methoxy groups -OCH3 is 1. The van der Waals surface area contributed by atoms with Crippen LogP contribution in [0.2, 0.25) is 0 Å². The molecule has 2 rings (SSSR count). The van der Waals surface area contributed by atoms with Crippen molar-refractivity contribution in [3.05, 3.63) is 59.7 Å². The topological polar surface area (TPSA) is 35.5 Å². The number of carbonyl (C=O) groups is 1. The fourth-order valence-electron chi connectivity index (χ4n) is 2.52. The molecule has 0 radical (unpaired) electrons. The van der Waals surface area contributed by atoms with E-state index < -0.39 is 5.92 Å². The van der Waals surface area contributed by atoms with Gasteiger partial charge in [0.25, 0.3) is 0 Å². The van der Waals surface area contributed by atoms with Gasteiger partial charge in [-0.05, 0) is 24.5 Å². The van der Waals surface area contributed by atoms with E-state index in [1.54, 1.807) is 7.11 Å². The van der Waals surface area contributed by atoms with Crippen molar-refractivity contribution in [3.63, 3.8) is 0 Å². The molecule has 0 aliphatic carbocycles. The molecule has 122 valence electrons. The summed E-state index contributed by atoms with van der Waals surface area (Å²) in [5.41, 5.74) is 1.75. The molecule has 0 spiro atoms. The molecule has 0 heterocycles. The smallest absolute Gasteiger partial charge is 0.318 e. The monoisotopic (exact) mass is 312 g/mol. The standard InChI is InChI=1S/C20H24O3/c1-14(15-10-6-8-12-17(15)22-5)19(21)23-18-13-9-7-11-16(18)20(2,3)4/h6-14H,1-5H3/t14-/m1/s1. The summed E-state index contributed by atoms with van der Waals surface area (Å²) in [4.78, 5) is 12.6. The molecule has 0 saturated heterocycles. The van der Waals surface area contributed by atoms with E-state index in [-0.39, 0.29) is 11.4 Å². The quantitative estimate of drug-likeness (QED) is 0.606. The van der Waals surface area contributed by atoms with Crippen molar-refractivity contribution in [1.82, 2.24) is 0 Å². The molecule has 3 heteroatoms. The number of rotatable bonds is 4. The van der Waals surface area contributed by atoms with Gasteiger partial charge in [-0.3, -0.25) is 4.79 Å². The first-order chi connectivity index (χ1) is 10.8. The van der Waals surface area contributed by atoms with E-state index in [1.807, 2.05) is 55.5 Å². The van der Waals surface area contributed by atoms with Crippen LogP contribution in [0, 0.1) is 0 Å². The molecule has 23 heavy (non-hydrogen) atoms. The van der Waals surface area contributed by atoms with Crippen LogP contribution in [-0.2, 0) is 10.2 Å². The highest BCUT2D eigenvalue weighted by atomic mass is 16.5. The summed E-state index contributed by atoms with van der Waals surface area (Å²) in [5, 5.41) is 0. The molecule has 0 aliphatic rings. The largest absolute Gasteiger partial charge is 0.496 e. The van der Waals surface area contributed by atoms with E-state index in [0.29, 0.717) is 11.5 Å². The lowest BCUT2D eigenvalue weighted by Crippen LogP contribution is -2.20. The van der Waals surface area contributed by atoms with Crippen molar-refractivity contribution in [2.75, 3.05) is 7.11 Å². The maximum atomic E-state index is 12.6. The average molecular weight is 312 g/mol. The Morgan fingerprint density at radius 1 is 0.957 bits per heavy atom. The van der Waals surface area contributed by atoms with Crippen LogP contribution < -0.4 is 9.47 Å². The van der Waals surface area contributed by atoms with Gasteiger partial charge in [0.1, 0.15) is 11.5 Å². The van der Waals surface area contributed by atoms with Crippen LogP contribution in [0.1, 0.15) is 44.7 Å². The van der Waals surface area contributed by atoms with Gasteiger partial charge in [-0.15, -0.1) is 0 Å². The fourth-order valence-corrected chi connectivity index (χ4v) is 2.52. The molecule has 0 aromatic heterocycles. The summed E-state index contributed by atoms with van der Waals surface area (Å²) in [6.45, 7) is 8.13. The zero-order valence-corrected chi connectivity index (χ0v) is 14.4. The first-order valence-corrected chi connectivity index (χ1v) is 7.78. The minimum absolute atomic E-state index is 0.0927. The van der Waals surface area contributed by atoms with Gasteiger partial charge in [-0.1, -0.05) is 57.2 Å². The van der Waals surface area contributed by atoms with Gasteiger partial charge in [0.05, 0.1) is 13.0 Å². The molecule has 2 aromatic carbocycles. The maximum absolute atomic E-state index is 12.6. The maximum Gasteiger partial charge on any atom is 0.318 e. The molecule has 0 unspecified atom stereocenters. The lowest BCUT2D eigenvalue weighted by atomic mass is 9.86. The molecule has 2 aromatic rings. The zero-order chi connectivity index (χ0) is 17.0. The third-order valence-corrected chi connectivity index (χ3v) is 3.86. The first-order valence-electron chi connectivity index (χ1n) is 7.78. The summed E-state index contributed by atoms with van der Waals surface area (Å²) in [5.74, 6) is 0.623. The average Bonchev–Trinajstić information content (AvgIpc) is 2.53. The molecule has 0 saturated carbocycles. The van der Waals surface area contributed by atoms with Crippen LogP contribution in [0.15, 0.2) is 48.5 Å². The Hall–Kier alpha value is -2.29. The second-order valence-corrected chi connectivity index (χ2v) is 6.63.